The first kappa shape index (κ1) is 20.5. The average Bonchev–Trinajstić information content (AvgIpc) is 3.40. The highest BCUT2D eigenvalue weighted by atomic mass is 16.7. The van der Waals surface area contributed by atoms with Gasteiger partial charge in [-0.1, -0.05) is 0 Å². The molecule has 2 aromatic heterocycles. The maximum Gasteiger partial charge on any atom is 0.255 e. The van der Waals surface area contributed by atoms with Gasteiger partial charge in [0.25, 0.3) is 5.91 Å². The van der Waals surface area contributed by atoms with Gasteiger partial charge in [-0.3, -0.25) is 9.36 Å². The van der Waals surface area contributed by atoms with Crippen molar-refractivity contribution in [2.75, 3.05) is 12.1 Å². The van der Waals surface area contributed by atoms with Gasteiger partial charge in [0.2, 0.25) is 12.7 Å². The Hall–Kier alpha value is -4.40. The standard InChI is InChI=1S/C24H21N5O4/c1-14-15(2)29(12-25-14)22-11-23(27-16(3)26-22)33-19-7-5-18(6-8-19)28-24(30)17-4-9-20-21(10-17)32-13-31-20/h4-12H,13H2,1-3H3,(H,28,30). The Morgan fingerprint density at radius 2 is 1.79 bits per heavy atom. The maximum absolute atomic E-state index is 12.6. The summed E-state index contributed by atoms with van der Waals surface area (Å²) in [6.07, 6.45) is 1.73. The molecule has 0 radical (unpaired) electrons. The molecule has 0 saturated heterocycles. The van der Waals surface area contributed by atoms with Gasteiger partial charge >= 0.3 is 0 Å². The molecule has 0 aliphatic carbocycles. The van der Waals surface area contributed by atoms with Crippen LogP contribution in [0.2, 0.25) is 0 Å². The number of benzene rings is 2. The first-order valence-corrected chi connectivity index (χ1v) is 10.3. The van der Waals surface area contributed by atoms with Gasteiger partial charge in [0.05, 0.1) is 5.69 Å². The number of hydrogen-bond acceptors (Lipinski definition) is 7. The van der Waals surface area contributed by atoms with E-state index in [4.69, 9.17) is 14.2 Å². The Morgan fingerprint density at radius 3 is 2.55 bits per heavy atom. The summed E-state index contributed by atoms with van der Waals surface area (Å²) in [6, 6.07) is 13.9. The predicted octanol–water partition coefficient (Wildman–Crippen LogP) is 4.36. The monoisotopic (exact) mass is 443 g/mol. The molecule has 0 saturated carbocycles. The number of anilines is 1. The summed E-state index contributed by atoms with van der Waals surface area (Å²) >= 11 is 0. The third-order valence-corrected chi connectivity index (χ3v) is 5.27. The number of rotatable bonds is 5. The van der Waals surface area contributed by atoms with Crippen molar-refractivity contribution in [1.29, 1.82) is 0 Å². The molecule has 1 N–H and O–H groups in total. The highest BCUT2D eigenvalue weighted by Gasteiger charge is 2.16. The molecule has 0 fully saturated rings. The number of nitrogens with zero attached hydrogens (tertiary/aromatic N) is 4. The average molecular weight is 443 g/mol. The Labute approximate surface area is 190 Å². The van der Waals surface area contributed by atoms with Crippen molar-refractivity contribution in [2.24, 2.45) is 0 Å². The zero-order valence-electron chi connectivity index (χ0n) is 18.3. The van der Waals surface area contributed by atoms with Crippen molar-refractivity contribution in [3.05, 3.63) is 77.6 Å². The summed E-state index contributed by atoms with van der Waals surface area (Å²) in [4.78, 5) is 25.7. The summed E-state index contributed by atoms with van der Waals surface area (Å²) in [5.41, 5.74) is 3.05. The van der Waals surface area contributed by atoms with Gasteiger partial charge in [0.1, 0.15) is 23.7 Å². The molecule has 166 valence electrons. The first-order chi connectivity index (χ1) is 16.0. The lowest BCUT2D eigenvalue weighted by molar-refractivity contribution is 0.102. The van der Waals surface area contributed by atoms with Gasteiger partial charge in [0, 0.05) is 23.0 Å². The number of nitrogens with one attached hydrogen (secondary N) is 1. The lowest BCUT2D eigenvalue weighted by atomic mass is 10.2. The molecule has 33 heavy (non-hydrogen) atoms. The van der Waals surface area contributed by atoms with E-state index >= 15 is 0 Å². The first-order valence-electron chi connectivity index (χ1n) is 10.3. The Morgan fingerprint density at radius 1 is 1.00 bits per heavy atom. The van der Waals surface area contributed by atoms with Crippen molar-refractivity contribution in [2.45, 2.75) is 20.8 Å². The molecule has 0 unspecified atom stereocenters. The van der Waals surface area contributed by atoms with Crippen molar-refractivity contribution in [3.63, 3.8) is 0 Å². The third-order valence-electron chi connectivity index (χ3n) is 5.27. The summed E-state index contributed by atoms with van der Waals surface area (Å²) in [7, 11) is 0. The van der Waals surface area contributed by atoms with Crippen molar-refractivity contribution in [1.82, 2.24) is 19.5 Å². The van der Waals surface area contributed by atoms with Crippen LogP contribution in [0.25, 0.3) is 5.82 Å². The van der Waals surface area contributed by atoms with E-state index in [1.54, 1.807) is 54.9 Å². The zero-order chi connectivity index (χ0) is 22.9. The van der Waals surface area contributed by atoms with Crippen LogP contribution >= 0.6 is 0 Å². The van der Waals surface area contributed by atoms with Gasteiger partial charge in [0.15, 0.2) is 11.5 Å². The molecule has 1 aliphatic heterocycles. The van der Waals surface area contributed by atoms with E-state index < -0.39 is 0 Å². The smallest absolute Gasteiger partial charge is 0.255 e. The van der Waals surface area contributed by atoms with Crippen molar-refractivity contribution >= 4 is 11.6 Å². The topological polar surface area (TPSA) is 100 Å². The van der Waals surface area contributed by atoms with Crippen LogP contribution in [0.15, 0.2) is 54.9 Å². The van der Waals surface area contributed by atoms with Gasteiger partial charge in [-0.2, -0.15) is 4.98 Å². The number of fused-ring (bicyclic) bond motifs is 1. The second-order valence-electron chi connectivity index (χ2n) is 7.55. The SMILES string of the molecule is Cc1nc(Oc2ccc(NC(=O)c3ccc4c(c3)OCO4)cc2)cc(-n2cnc(C)c2C)n1. The second kappa shape index (κ2) is 8.27. The van der Waals surface area contributed by atoms with E-state index in [2.05, 4.69) is 20.3 Å². The van der Waals surface area contributed by atoms with Crippen molar-refractivity contribution < 1.29 is 19.0 Å². The maximum atomic E-state index is 12.6. The molecular formula is C24H21N5O4. The van der Waals surface area contributed by atoms with E-state index in [0.29, 0.717) is 46.0 Å². The van der Waals surface area contributed by atoms with Crippen LogP contribution in [0.5, 0.6) is 23.1 Å². The number of hydrogen-bond donors (Lipinski definition) is 1. The summed E-state index contributed by atoms with van der Waals surface area (Å²) in [5.74, 6) is 3.22. The number of carbonyl (C=O) groups is 1. The van der Waals surface area contributed by atoms with E-state index in [-0.39, 0.29) is 12.7 Å². The normalized spacial score (nSPS) is 12.0. The molecule has 5 rings (SSSR count). The van der Waals surface area contributed by atoms with Crippen LogP contribution < -0.4 is 19.5 Å². The van der Waals surface area contributed by atoms with Crippen LogP contribution in [0, 0.1) is 20.8 Å². The number of carbonyl (C=O) groups excluding carboxylic acids is 1. The molecule has 2 aromatic carbocycles. The molecule has 4 aromatic rings. The fraction of sp³-hybridized carbons (Fsp3) is 0.167. The molecule has 0 atom stereocenters. The van der Waals surface area contributed by atoms with Crippen LogP contribution in [0.4, 0.5) is 5.69 Å². The number of ether oxygens (including phenoxy) is 3. The molecule has 9 nitrogen and oxygen atoms in total. The van der Waals surface area contributed by atoms with E-state index in [1.165, 1.54) is 0 Å². The highest BCUT2D eigenvalue weighted by molar-refractivity contribution is 6.04. The zero-order valence-corrected chi connectivity index (χ0v) is 18.3. The number of amides is 1. The fourth-order valence-corrected chi connectivity index (χ4v) is 3.40. The highest BCUT2D eigenvalue weighted by Crippen LogP contribution is 2.32. The molecular weight excluding hydrogens is 422 g/mol. The Bertz CT molecular complexity index is 1350. The minimum Gasteiger partial charge on any atom is -0.454 e. The van der Waals surface area contributed by atoms with E-state index in [0.717, 1.165) is 11.4 Å². The molecule has 1 amide bonds. The summed E-state index contributed by atoms with van der Waals surface area (Å²) in [6.45, 7) is 5.90. The second-order valence-corrected chi connectivity index (χ2v) is 7.55. The van der Waals surface area contributed by atoms with E-state index in [9.17, 15) is 4.79 Å². The number of aryl methyl sites for hydroxylation is 2. The van der Waals surface area contributed by atoms with E-state index in [1.807, 2.05) is 25.3 Å². The summed E-state index contributed by atoms with van der Waals surface area (Å²) < 4.78 is 18.4. The van der Waals surface area contributed by atoms with Crippen LogP contribution in [0.1, 0.15) is 27.6 Å². The molecule has 9 heteroatoms. The predicted molar refractivity (Wildman–Crippen MR) is 120 cm³/mol. The minimum absolute atomic E-state index is 0.163. The van der Waals surface area contributed by atoms with Crippen LogP contribution in [-0.4, -0.2) is 32.2 Å². The third kappa shape index (κ3) is 4.20. The summed E-state index contributed by atoms with van der Waals surface area (Å²) in [5, 5.41) is 2.86. The van der Waals surface area contributed by atoms with Gasteiger partial charge in [-0.05, 0) is 63.2 Å². The molecule has 1 aliphatic rings. The van der Waals surface area contributed by atoms with Gasteiger partial charge in [-0.25, -0.2) is 9.97 Å². The lowest BCUT2D eigenvalue weighted by Gasteiger charge is -2.10. The van der Waals surface area contributed by atoms with Crippen LogP contribution in [-0.2, 0) is 0 Å². The number of aromatic nitrogens is 4. The van der Waals surface area contributed by atoms with Crippen LogP contribution in [0.3, 0.4) is 0 Å². The number of imidazole rings is 1. The van der Waals surface area contributed by atoms with Gasteiger partial charge in [-0.15, -0.1) is 0 Å². The fourth-order valence-electron chi connectivity index (χ4n) is 3.40. The van der Waals surface area contributed by atoms with Crippen molar-refractivity contribution in [3.8, 4) is 28.9 Å². The molecule has 0 bridgehead atoms. The largest absolute Gasteiger partial charge is 0.454 e. The Balaban J connectivity index is 1.29. The molecule has 0 spiro atoms. The van der Waals surface area contributed by atoms with Gasteiger partial charge < -0.3 is 19.5 Å². The minimum atomic E-state index is -0.246. The quantitative estimate of drug-likeness (QED) is 0.489. The Kier molecular flexibility index (Phi) is 5.14. The molecule has 3 heterocycles. The lowest BCUT2D eigenvalue weighted by Crippen LogP contribution is -2.11.